The number of carbonyl (C=O) groups excluding carboxylic acids is 1. The summed E-state index contributed by atoms with van der Waals surface area (Å²) in [4.78, 5) is 11.9. The minimum Gasteiger partial charge on any atom is -0.491 e. The molecule has 0 atom stereocenters. The minimum atomic E-state index is -1.44. The Morgan fingerprint density at radius 3 is 2.26 bits per heavy atom. The van der Waals surface area contributed by atoms with Gasteiger partial charge in [0.05, 0.1) is 12.7 Å². The number of hydrogen-bond donors (Lipinski definition) is 1. The molecular formula is C17H24F3NO2. The van der Waals surface area contributed by atoms with Crippen molar-refractivity contribution in [1.82, 2.24) is 5.32 Å². The SMILES string of the molecule is CCCCCCCCCNC(=O)c1cc(F)c(F)c(OC)c1F. The second-order valence-corrected chi connectivity index (χ2v) is 5.44. The van der Waals surface area contributed by atoms with E-state index in [1.165, 1.54) is 19.3 Å². The van der Waals surface area contributed by atoms with Gasteiger partial charge >= 0.3 is 0 Å². The van der Waals surface area contributed by atoms with Crippen LogP contribution < -0.4 is 10.1 Å². The van der Waals surface area contributed by atoms with Crippen LogP contribution in [0.4, 0.5) is 13.2 Å². The van der Waals surface area contributed by atoms with Gasteiger partial charge in [0, 0.05) is 6.54 Å². The zero-order valence-corrected chi connectivity index (χ0v) is 13.7. The molecule has 0 aliphatic carbocycles. The molecule has 1 amide bonds. The summed E-state index contributed by atoms with van der Waals surface area (Å²) in [5.74, 6) is -5.60. The third kappa shape index (κ3) is 5.77. The maximum absolute atomic E-state index is 13.9. The van der Waals surface area contributed by atoms with Crippen LogP contribution in [-0.4, -0.2) is 19.6 Å². The van der Waals surface area contributed by atoms with Crippen LogP contribution in [0.1, 0.15) is 62.2 Å². The quantitative estimate of drug-likeness (QED) is 0.503. The predicted octanol–water partition coefficient (Wildman–Crippen LogP) is 4.59. The summed E-state index contributed by atoms with van der Waals surface area (Å²) in [6.07, 6.45) is 7.61. The van der Waals surface area contributed by atoms with E-state index in [0.717, 1.165) is 32.8 Å². The van der Waals surface area contributed by atoms with Gasteiger partial charge in [-0.1, -0.05) is 45.4 Å². The first-order chi connectivity index (χ1) is 11.0. The van der Waals surface area contributed by atoms with Gasteiger partial charge in [-0.2, -0.15) is 4.39 Å². The van der Waals surface area contributed by atoms with Crippen molar-refractivity contribution in [1.29, 1.82) is 0 Å². The van der Waals surface area contributed by atoms with Crippen LogP contribution in [0.2, 0.25) is 0 Å². The lowest BCUT2D eigenvalue weighted by Crippen LogP contribution is -2.26. The number of halogens is 3. The highest BCUT2D eigenvalue weighted by Gasteiger charge is 2.23. The normalized spacial score (nSPS) is 10.7. The zero-order chi connectivity index (χ0) is 17.2. The zero-order valence-electron chi connectivity index (χ0n) is 13.7. The van der Waals surface area contributed by atoms with E-state index in [1.807, 2.05) is 0 Å². The van der Waals surface area contributed by atoms with Crippen molar-refractivity contribution in [3.8, 4) is 5.75 Å². The Kier molecular flexibility index (Phi) is 8.51. The van der Waals surface area contributed by atoms with E-state index in [-0.39, 0.29) is 0 Å². The fourth-order valence-electron chi connectivity index (χ4n) is 2.30. The van der Waals surface area contributed by atoms with Gasteiger partial charge in [-0.15, -0.1) is 0 Å². The molecule has 0 fully saturated rings. The Balaban J connectivity index is 2.45. The smallest absolute Gasteiger partial charge is 0.254 e. The van der Waals surface area contributed by atoms with Gasteiger partial charge in [0.15, 0.2) is 17.4 Å². The summed E-state index contributed by atoms with van der Waals surface area (Å²) < 4.78 is 45.1. The number of carbonyl (C=O) groups is 1. The third-order valence-electron chi connectivity index (χ3n) is 3.63. The number of rotatable bonds is 10. The number of methoxy groups -OCH3 is 1. The molecule has 1 aromatic carbocycles. The second kappa shape index (κ2) is 10.1. The fraction of sp³-hybridized carbons (Fsp3) is 0.588. The molecule has 3 nitrogen and oxygen atoms in total. The van der Waals surface area contributed by atoms with E-state index >= 15 is 0 Å². The third-order valence-corrected chi connectivity index (χ3v) is 3.63. The van der Waals surface area contributed by atoms with E-state index in [4.69, 9.17) is 0 Å². The van der Waals surface area contributed by atoms with Crippen LogP contribution in [0.5, 0.6) is 5.75 Å². The Hall–Kier alpha value is -1.72. The lowest BCUT2D eigenvalue weighted by Gasteiger charge is -2.10. The first-order valence-corrected chi connectivity index (χ1v) is 8.02. The molecule has 0 unspecified atom stereocenters. The van der Waals surface area contributed by atoms with Gasteiger partial charge in [0.2, 0.25) is 5.82 Å². The first kappa shape index (κ1) is 19.3. The number of nitrogens with one attached hydrogen (secondary N) is 1. The highest BCUT2D eigenvalue weighted by Crippen LogP contribution is 2.26. The first-order valence-electron chi connectivity index (χ1n) is 8.02. The molecule has 0 aliphatic rings. The standard InChI is InChI=1S/C17H24F3NO2/c1-3-4-5-6-7-8-9-10-21-17(22)12-11-13(18)15(20)16(23-2)14(12)19/h11H,3-10H2,1-2H3,(H,21,22). The highest BCUT2D eigenvalue weighted by atomic mass is 19.2. The summed E-state index contributed by atoms with van der Waals surface area (Å²) in [6, 6.07) is 0.549. The van der Waals surface area contributed by atoms with Crippen molar-refractivity contribution in [2.24, 2.45) is 0 Å². The average molecular weight is 331 g/mol. The predicted molar refractivity (Wildman–Crippen MR) is 83.2 cm³/mol. The van der Waals surface area contributed by atoms with Crippen molar-refractivity contribution in [2.75, 3.05) is 13.7 Å². The maximum atomic E-state index is 13.9. The summed E-state index contributed by atoms with van der Waals surface area (Å²) in [7, 11) is 1.02. The molecule has 0 saturated heterocycles. The van der Waals surface area contributed by atoms with Crippen molar-refractivity contribution in [3.05, 3.63) is 29.1 Å². The lowest BCUT2D eigenvalue weighted by molar-refractivity contribution is 0.0947. The van der Waals surface area contributed by atoms with Gasteiger partial charge in [-0.05, 0) is 12.5 Å². The van der Waals surface area contributed by atoms with Gasteiger partial charge in [0.25, 0.3) is 5.91 Å². The Morgan fingerprint density at radius 2 is 1.65 bits per heavy atom. The molecule has 0 heterocycles. The number of benzene rings is 1. The van der Waals surface area contributed by atoms with E-state index < -0.39 is 34.7 Å². The molecule has 0 spiro atoms. The Morgan fingerprint density at radius 1 is 1.04 bits per heavy atom. The minimum absolute atomic E-state index is 0.368. The van der Waals surface area contributed by atoms with Crippen molar-refractivity contribution in [2.45, 2.75) is 51.9 Å². The van der Waals surface area contributed by atoms with Gasteiger partial charge < -0.3 is 10.1 Å². The van der Waals surface area contributed by atoms with Crippen molar-refractivity contribution >= 4 is 5.91 Å². The van der Waals surface area contributed by atoms with E-state index in [9.17, 15) is 18.0 Å². The van der Waals surface area contributed by atoms with Crippen LogP contribution >= 0.6 is 0 Å². The number of hydrogen-bond acceptors (Lipinski definition) is 2. The average Bonchev–Trinajstić information content (AvgIpc) is 2.53. The number of amides is 1. The van der Waals surface area contributed by atoms with Gasteiger partial charge in [-0.3, -0.25) is 4.79 Å². The largest absolute Gasteiger partial charge is 0.491 e. The molecule has 6 heteroatoms. The molecule has 0 aliphatic heterocycles. The molecule has 130 valence electrons. The van der Waals surface area contributed by atoms with E-state index in [2.05, 4.69) is 17.0 Å². The van der Waals surface area contributed by atoms with Crippen LogP contribution in [0.15, 0.2) is 6.07 Å². The molecule has 23 heavy (non-hydrogen) atoms. The molecule has 0 radical (unpaired) electrons. The van der Waals surface area contributed by atoms with Crippen LogP contribution in [0, 0.1) is 17.5 Å². The fourth-order valence-corrected chi connectivity index (χ4v) is 2.30. The Labute approximate surface area is 135 Å². The van der Waals surface area contributed by atoms with E-state index in [1.54, 1.807) is 0 Å². The second-order valence-electron chi connectivity index (χ2n) is 5.44. The summed E-state index contributed by atoms with van der Waals surface area (Å²) in [5, 5.41) is 2.52. The Bertz CT molecular complexity index is 521. The molecule has 1 aromatic rings. The van der Waals surface area contributed by atoms with Gasteiger partial charge in [0.1, 0.15) is 0 Å². The van der Waals surface area contributed by atoms with Gasteiger partial charge in [-0.25, -0.2) is 8.78 Å². The topological polar surface area (TPSA) is 38.3 Å². The molecule has 1 N–H and O–H groups in total. The molecule has 0 bridgehead atoms. The van der Waals surface area contributed by atoms with Crippen molar-refractivity contribution in [3.63, 3.8) is 0 Å². The van der Waals surface area contributed by atoms with Crippen LogP contribution in [0.3, 0.4) is 0 Å². The number of ether oxygens (including phenoxy) is 1. The maximum Gasteiger partial charge on any atom is 0.254 e. The summed E-state index contributed by atoms with van der Waals surface area (Å²) in [6.45, 7) is 2.52. The molecule has 0 saturated carbocycles. The lowest BCUT2D eigenvalue weighted by atomic mass is 10.1. The molecular weight excluding hydrogens is 307 g/mol. The molecule has 1 rings (SSSR count). The monoisotopic (exact) mass is 331 g/mol. The summed E-state index contributed by atoms with van der Waals surface area (Å²) in [5.41, 5.74) is -0.552. The number of unbranched alkanes of at least 4 members (excludes halogenated alkanes) is 6. The van der Waals surface area contributed by atoms with Crippen molar-refractivity contribution < 1.29 is 22.7 Å². The van der Waals surface area contributed by atoms with E-state index in [0.29, 0.717) is 12.6 Å². The van der Waals surface area contributed by atoms with Crippen LogP contribution in [0.25, 0.3) is 0 Å². The van der Waals surface area contributed by atoms with Crippen LogP contribution in [-0.2, 0) is 0 Å². The summed E-state index contributed by atoms with van der Waals surface area (Å²) >= 11 is 0. The highest BCUT2D eigenvalue weighted by molar-refractivity contribution is 5.95. The molecule has 0 aromatic heterocycles.